The van der Waals surface area contributed by atoms with Gasteiger partial charge in [-0.2, -0.15) is 0 Å². The summed E-state index contributed by atoms with van der Waals surface area (Å²) < 4.78 is 6.35. The summed E-state index contributed by atoms with van der Waals surface area (Å²) in [5.41, 5.74) is 0.552. The van der Waals surface area contributed by atoms with Crippen LogP contribution in [0.4, 0.5) is 0 Å². The average Bonchev–Trinajstić information content (AvgIpc) is 2.65. The maximum absolute atomic E-state index is 12.9. The molecule has 2 aromatic carbocycles. The molecule has 5 nitrogen and oxygen atoms in total. The summed E-state index contributed by atoms with van der Waals surface area (Å²) in [7, 11) is 1.50. The van der Waals surface area contributed by atoms with E-state index in [0.717, 1.165) is 4.47 Å². The lowest BCUT2D eigenvalue weighted by Crippen LogP contribution is -2.48. The number of carbonyl (C=O) groups excluding carboxylic acids is 2. The van der Waals surface area contributed by atoms with Gasteiger partial charge in [0.15, 0.2) is 6.61 Å². The van der Waals surface area contributed by atoms with E-state index in [1.165, 1.54) is 11.9 Å². The first kappa shape index (κ1) is 22.8. The first-order valence-electron chi connectivity index (χ1n) is 8.26. The summed E-state index contributed by atoms with van der Waals surface area (Å²) in [5.74, 6) is -0.370. The maximum atomic E-state index is 12.9. The third kappa shape index (κ3) is 5.77. The number of benzene rings is 2. The first-order chi connectivity index (χ1) is 13.2. The van der Waals surface area contributed by atoms with E-state index < -0.39 is 11.9 Å². The molecule has 150 valence electrons. The van der Waals surface area contributed by atoms with Crippen LogP contribution in [0, 0.1) is 0 Å². The minimum Gasteiger partial charge on any atom is -0.482 e. The molecule has 0 aromatic heterocycles. The van der Waals surface area contributed by atoms with Gasteiger partial charge < -0.3 is 15.0 Å². The predicted octanol–water partition coefficient (Wildman–Crippen LogP) is 4.95. The number of amides is 2. The average molecular weight is 509 g/mol. The number of rotatable bonds is 7. The number of hydrogen-bond acceptors (Lipinski definition) is 3. The number of hydrogen-bond donors (Lipinski definition) is 1. The molecule has 0 aliphatic carbocycles. The molecule has 2 rings (SSSR count). The molecule has 0 saturated carbocycles. The summed E-state index contributed by atoms with van der Waals surface area (Å²) in [5, 5.41) is 3.72. The normalized spacial score (nSPS) is 11.6. The Bertz CT molecular complexity index is 859. The van der Waals surface area contributed by atoms with Crippen LogP contribution in [0.15, 0.2) is 40.9 Å². The Balaban J connectivity index is 2.22. The molecule has 1 atom stereocenters. The Morgan fingerprint density at radius 1 is 1.14 bits per heavy atom. The zero-order valence-corrected chi connectivity index (χ0v) is 19.0. The van der Waals surface area contributed by atoms with Crippen LogP contribution in [-0.2, 0) is 16.1 Å². The minimum atomic E-state index is -0.756. The van der Waals surface area contributed by atoms with Crippen LogP contribution >= 0.6 is 50.7 Å². The van der Waals surface area contributed by atoms with Crippen molar-refractivity contribution in [3.05, 3.63) is 61.5 Å². The van der Waals surface area contributed by atoms with E-state index in [0.29, 0.717) is 26.4 Å². The number of ether oxygens (including phenoxy) is 1. The molecule has 0 aliphatic rings. The van der Waals surface area contributed by atoms with Crippen LogP contribution in [-0.4, -0.2) is 36.4 Å². The molecule has 28 heavy (non-hydrogen) atoms. The predicted molar refractivity (Wildman–Crippen MR) is 115 cm³/mol. The molecular weight excluding hydrogens is 490 g/mol. The van der Waals surface area contributed by atoms with E-state index in [-0.39, 0.29) is 19.1 Å². The summed E-state index contributed by atoms with van der Waals surface area (Å²) in [4.78, 5) is 26.4. The van der Waals surface area contributed by atoms with Gasteiger partial charge in [-0.25, -0.2) is 0 Å². The number of nitrogens with one attached hydrogen (secondary N) is 1. The van der Waals surface area contributed by atoms with Gasteiger partial charge in [-0.1, -0.05) is 56.8 Å². The Morgan fingerprint density at radius 2 is 1.79 bits per heavy atom. The lowest BCUT2D eigenvalue weighted by Gasteiger charge is -2.29. The van der Waals surface area contributed by atoms with Crippen molar-refractivity contribution in [3.8, 4) is 5.75 Å². The molecule has 2 amide bonds. The van der Waals surface area contributed by atoms with Crippen molar-refractivity contribution in [3.63, 3.8) is 0 Å². The standard InChI is InChI=1S/C19H18BrCl3N2O3/c1-11(19(27)24-2)25(9-13-14(21)4-3-5-15(13)22)18(26)10-28-17-7-6-12(20)8-16(17)23/h3-8,11H,9-10H2,1-2H3,(H,24,27). The van der Waals surface area contributed by atoms with Crippen LogP contribution < -0.4 is 10.1 Å². The Morgan fingerprint density at radius 3 is 2.36 bits per heavy atom. The van der Waals surface area contributed by atoms with Gasteiger partial charge in [-0.3, -0.25) is 9.59 Å². The van der Waals surface area contributed by atoms with E-state index in [9.17, 15) is 9.59 Å². The lowest BCUT2D eigenvalue weighted by molar-refractivity contribution is -0.142. The number of likely N-dealkylation sites (N-methyl/N-ethyl adjacent to an activating group) is 1. The van der Waals surface area contributed by atoms with E-state index in [1.54, 1.807) is 43.3 Å². The van der Waals surface area contributed by atoms with Gasteiger partial charge in [0.25, 0.3) is 5.91 Å². The van der Waals surface area contributed by atoms with Gasteiger partial charge in [0.05, 0.1) is 5.02 Å². The minimum absolute atomic E-state index is 0.0589. The van der Waals surface area contributed by atoms with E-state index in [2.05, 4.69) is 21.2 Å². The van der Waals surface area contributed by atoms with Gasteiger partial charge in [-0.05, 0) is 37.3 Å². The molecule has 2 aromatic rings. The van der Waals surface area contributed by atoms with Crippen LogP contribution in [0.1, 0.15) is 12.5 Å². The Labute approximate surface area is 187 Å². The smallest absolute Gasteiger partial charge is 0.261 e. The van der Waals surface area contributed by atoms with Crippen LogP contribution in [0.2, 0.25) is 15.1 Å². The second-order valence-corrected chi connectivity index (χ2v) is 8.01. The van der Waals surface area contributed by atoms with Crippen molar-refractivity contribution in [2.75, 3.05) is 13.7 Å². The summed E-state index contributed by atoms with van der Waals surface area (Å²) in [6.07, 6.45) is 0. The molecule has 0 spiro atoms. The molecule has 0 bridgehead atoms. The quantitative estimate of drug-likeness (QED) is 0.576. The largest absolute Gasteiger partial charge is 0.482 e. The van der Waals surface area contributed by atoms with Crippen molar-refractivity contribution in [2.24, 2.45) is 0 Å². The second-order valence-electron chi connectivity index (χ2n) is 5.88. The van der Waals surface area contributed by atoms with Crippen molar-refractivity contribution < 1.29 is 14.3 Å². The zero-order valence-electron chi connectivity index (χ0n) is 15.1. The highest BCUT2D eigenvalue weighted by Crippen LogP contribution is 2.29. The number of nitrogens with zero attached hydrogens (tertiary/aromatic N) is 1. The Kier molecular flexibility index (Phi) is 8.43. The van der Waals surface area contributed by atoms with Gasteiger partial charge >= 0.3 is 0 Å². The fourth-order valence-corrected chi connectivity index (χ4v) is 3.70. The third-order valence-corrected chi connectivity index (χ3v) is 5.55. The van der Waals surface area contributed by atoms with E-state index in [4.69, 9.17) is 39.5 Å². The summed E-state index contributed by atoms with van der Waals surface area (Å²) >= 11 is 21.9. The van der Waals surface area contributed by atoms with Crippen molar-refractivity contribution in [2.45, 2.75) is 19.5 Å². The maximum Gasteiger partial charge on any atom is 0.261 e. The van der Waals surface area contributed by atoms with Crippen LogP contribution in [0.25, 0.3) is 0 Å². The Hall–Kier alpha value is -1.47. The molecule has 0 heterocycles. The third-order valence-electron chi connectivity index (χ3n) is 4.05. The van der Waals surface area contributed by atoms with Gasteiger partial charge in [-0.15, -0.1) is 0 Å². The van der Waals surface area contributed by atoms with Crippen molar-refractivity contribution >= 4 is 62.5 Å². The molecule has 0 fully saturated rings. The molecule has 0 radical (unpaired) electrons. The highest BCUT2D eigenvalue weighted by atomic mass is 79.9. The summed E-state index contributed by atoms with van der Waals surface area (Å²) in [6.45, 7) is 1.38. The molecular formula is C19H18BrCl3N2O3. The highest BCUT2D eigenvalue weighted by Gasteiger charge is 2.27. The van der Waals surface area contributed by atoms with E-state index in [1.807, 2.05) is 0 Å². The van der Waals surface area contributed by atoms with E-state index >= 15 is 0 Å². The van der Waals surface area contributed by atoms with Gasteiger partial charge in [0, 0.05) is 33.7 Å². The lowest BCUT2D eigenvalue weighted by atomic mass is 10.1. The highest BCUT2D eigenvalue weighted by molar-refractivity contribution is 9.10. The summed E-state index contributed by atoms with van der Waals surface area (Å²) in [6, 6.07) is 9.37. The van der Waals surface area contributed by atoms with Gasteiger partial charge in [0.1, 0.15) is 11.8 Å². The molecule has 0 saturated heterocycles. The topological polar surface area (TPSA) is 58.6 Å². The van der Waals surface area contributed by atoms with Gasteiger partial charge in [0.2, 0.25) is 5.91 Å². The molecule has 9 heteroatoms. The van der Waals surface area contributed by atoms with Crippen molar-refractivity contribution in [1.29, 1.82) is 0 Å². The molecule has 0 aliphatic heterocycles. The zero-order chi connectivity index (χ0) is 20.8. The fraction of sp³-hybridized carbons (Fsp3) is 0.263. The monoisotopic (exact) mass is 506 g/mol. The second kappa shape index (κ2) is 10.3. The molecule has 1 N–H and O–H groups in total. The SMILES string of the molecule is CNC(=O)C(C)N(Cc1c(Cl)cccc1Cl)C(=O)COc1ccc(Br)cc1Cl. The van der Waals surface area contributed by atoms with Crippen LogP contribution in [0.3, 0.4) is 0 Å². The van der Waals surface area contributed by atoms with Crippen molar-refractivity contribution in [1.82, 2.24) is 10.2 Å². The van der Waals surface area contributed by atoms with Crippen LogP contribution in [0.5, 0.6) is 5.75 Å². The number of carbonyl (C=O) groups is 2. The first-order valence-corrected chi connectivity index (χ1v) is 10.2. The molecule has 1 unspecified atom stereocenters. The number of halogens is 4. The fourth-order valence-electron chi connectivity index (χ4n) is 2.46.